The summed E-state index contributed by atoms with van der Waals surface area (Å²) in [5.74, 6) is 0.527. The molecule has 2 heterocycles. The molecule has 0 bridgehead atoms. The molecular weight excluding hydrogens is 422 g/mol. The van der Waals surface area contributed by atoms with Crippen LogP contribution in [0.15, 0.2) is 84.0 Å². The van der Waals surface area contributed by atoms with Gasteiger partial charge in [-0.1, -0.05) is 29.8 Å². The summed E-state index contributed by atoms with van der Waals surface area (Å²) in [6, 6.07) is 24.9. The molecule has 170 valence electrons. The van der Waals surface area contributed by atoms with E-state index < -0.39 is 0 Å². The Morgan fingerprint density at radius 3 is 2.50 bits per heavy atom. The van der Waals surface area contributed by atoms with Crippen molar-refractivity contribution >= 4 is 22.4 Å². The molecule has 1 aromatic heterocycles. The van der Waals surface area contributed by atoms with Gasteiger partial charge in [-0.15, -0.1) is 0 Å². The first-order valence-corrected chi connectivity index (χ1v) is 11.4. The lowest BCUT2D eigenvalue weighted by atomic mass is 10.1. The summed E-state index contributed by atoms with van der Waals surface area (Å²) in [6.45, 7) is 6.25. The molecule has 0 saturated heterocycles. The van der Waals surface area contributed by atoms with E-state index in [4.69, 9.17) is 14.7 Å². The average molecular weight is 450 g/mol. The number of hydrogen-bond acceptors (Lipinski definition) is 5. The summed E-state index contributed by atoms with van der Waals surface area (Å²) in [4.78, 5) is 14.2. The fraction of sp³-hybridized carbons (Fsp3) is 0.179. The number of ether oxygens (including phenoxy) is 1. The van der Waals surface area contributed by atoms with Crippen molar-refractivity contribution in [2.75, 3.05) is 12.4 Å². The topological polar surface area (TPSA) is 64.3 Å². The molecule has 5 rings (SSSR count). The van der Waals surface area contributed by atoms with E-state index in [2.05, 4.69) is 78.1 Å². The van der Waals surface area contributed by atoms with Gasteiger partial charge < -0.3 is 14.6 Å². The normalized spacial score (nSPS) is 12.0. The number of anilines is 2. The number of hydrogen-bond donors (Lipinski definition) is 1. The van der Waals surface area contributed by atoms with Crippen LogP contribution in [0, 0.1) is 6.92 Å². The molecule has 0 radical (unpaired) electrons. The monoisotopic (exact) mass is 449 g/mol. The van der Waals surface area contributed by atoms with E-state index in [1.807, 2.05) is 30.3 Å². The first-order chi connectivity index (χ1) is 16.5. The van der Waals surface area contributed by atoms with E-state index >= 15 is 0 Å². The maximum absolute atomic E-state index is 5.45. The number of nitrogens with zero attached hydrogens (tertiary/aromatic N) is 4. The Labute approximate surface area is 199 Å². The minimum absolute atomic E-state index is 0.120. The van der Waals surface area contributed by atoms with Crippen LogP contribution in [-0.2, 0) is 0 Å². The summed E-state index contributed by atoms with van der Waals surface area (Å²) in [6.07, 6.45) is 1.71. The number of para-hydroxylation sites is 2. The van der Waals surface area contributed by atoms with Gasteiger partial charge in [-0.05, 0) is 69.3 Å². The number of rotatable bonds is 5. The van der Waals surface area contributed by atoms with Crippen LogP contribution in [0.2, 0.25) is 0 Å². The summed E-state index contributed by atoms with van der Waals surface area (Å²) in [7, 11) is 1.62. The summed E-state index contributed by atoms with van der Waals surface area (Å²) in [5, 5.41) is 4.33. The van der Waals surface area contributed by atoms with Gasteiger partial charge >= 0.3 is 0 Å². The van der Waals surface area contributed by atoms with Gasteiger partial charge in [0.25, 0.3) is 0 Å². The first kappa shape index (κ1) is 21.6. The summed E-state index contributed by atoms with van der Waals surface area (Å²) in [5.41, 5.74) is 7.76. The van der Waals surface area contributed by atoms with E-state index in [9.17, 15) is 0 Å². The van der Waals surface area contributed by atoms with Gasteiger partial charge in [0, 0.05) is 17.9 Å². The zero-order valence-electron chi connectivity index (χ0n) is 19.8. The predicted molar refractivity (Wildman–Crippen MR) is 137 cm³/mol. The SMILES string of the molecule is COc1ncccc1Nc1cc2nc3ccccc3n(-c3ccc(C)cc3)c-2cc1=NC(C)C. The Hall–Kier alpha value is -4.19. The van der Waals surface area contributed by atoms with Crippen LogP contribution in [-0.4, -0.2) is 27.7 Å². The van der Waals surface area contributed by atoms with Crippen LogP contribution in [0.25, 0.3) is 28.1 Å². The molecule has 0 atom stereocenters. The Morgan fingerprint density at radius 2 is 1.74 bits per heavy atom. The molecule has 0 amide bonds. The third-order valence-corrected chi connectivity index (χ3v) is 5.62. The molecule has 1 aliphatic carbocycles. The highest BCUT2D eigenvalue weighted by Gasteiger charge is 2.17. The Kier molecular flexibility index (Phi) is 5.72. The van der Waals surface area contributed by atoms with Gasteiger partial charge in [0.1, 0.15) is 5.69 Å². The van der Waals surface area contributed by atoms with Gasteiger partial charge in [0.2, 0.25) is 5.88 Å². The molecule has 0 saturated carbocycles. The lowest BCUT2D eigenvalue weighted by Crippen LogP contribution is -2.16. The minimum Gasteiger partial charge on any atom is -0.480 e. The van der Waals surface area contributed by atoms with Crippen LogP contribution < -0.4 is 15.4 Å². The standard InChI is InChI=1S/C28H27N5O/c1-18(2)30-24-17-27-25(16-23(24)32-22-9-7-15-29-28(22)34-4)31-21-8-5-6-10-26(21)33(27)20-13-11-19(3)12-14-20/h5-18,32H,1-4H3. The number of benzene rings is 3. The van der Waals surface area contributed by atoms with E-state index in [0.717, 1.165) is 44.8 Å². The van der Waals surface area contributed by atoms with Crippen molar-refractivity contribution in [1.29, 1.82) is 0 Å². The Bertz CT molecular complexity index is 1500. The van der Waals surface area contributed by atoms with Crippen molar-refractivity contribution in [2.45, 2.75) is 26.8 Å². The van der Waals surface area contributed by atoms with Crippen molar-refractivity contribution in [2.24, 2.45) is 4.99 Å². The molecule has 34 heavy (non-hydrogen) atoms. The zero-order chi connectivity index (χ0) is 23.7. The van der Waals surface area contributed by atoms with Gasteiger partial charge in [0.15, 0.2) is 0 Å². The van der Waals surface area contributed by atoms with Gasteiger partial charge in [0.05, 0.1) is 40.6 Å². The molecular formula is C28H27N5O. The van der Waals surface area contributed by atoms with Crippen LogP contribution in [0.5, 0.6) is 5.88 Å². The second-order valence-electron chi connectivity index (χ2n) is 8.54. The second kappa shape index (κ2) is 8.98. The van der Waals surface area contributed by atoms with Crippen molar-refractivity contribution in [3.8, 4) is 23.0 Å². The first-order valence-electron chi connectivity index (χ1n) is 11.4. The van der Waals surface area contributed by atoms with E-state index in [0.29, 0.717) is 5.88 Å². The largest absolute Gasteiger partial charge is 0.480 e. The minimum atomic E-state index is 0.120. The maximum atomic E-state index is 5.45. The van der Waals surface area contributed by atoms with Gasteiger partial charge in [-0.2, -0.15) is 0 Å². The van der Waals surface area contributed by atoms with Crippen LogP contribution in [0.3, 0.4) is 0 Å². The number of aromatic nitrogens is 3. The average Bonchev–Trinajstić information content (AvgIpc) is 2.84. The molecule has 1 N–H and O–H groups in total. The summed E-state index contributed by atoms with van der Waals surface area (Å²) >= 11 is 0. The third kappa shape index (κ3) is 4.10. The third-order valence-electron chi connectivity index (χ3n) is 5.62. The lowest BCUT2D eigenvalue weighted by Gasteiger charge is -2.20. The fourth-order valence-electron chi connectivity index (χ4n) is 4.09. The van der Waals surface area contributed by atoms with Crippen LogP contribution >= 0.6 is 0 Å². The Morgan fingerprint density at radius 1 is 0.941 bits per heavy atom. The molecule has 1 aliphatic heterocycles. The summed E-state index contributed by atoms with van der Waals surface area (Å²) < 4.78 is 7.70. The maximum Gasteiger partial charge on any atom is 0.237 e. The van der Waals surface area contributed by atoms with Crippen molar-refractivity contribution < 1.29 is 4.74 Å². The number of fused-ring (bicyclic) bond motifs is 2. The van der Waals surface area contributed by atoms with Crippen molar-refractivity contribution in [1.82, 2.24) is 14.5 Å². The molecule has 2 aromatic carbocycles. The number of aryl methyl sites for hydroxylation is 1. The van der Waals surface area contributed by atoms with Crippen LogP contribution in [0.4, 0.5) is 11.4 Å². The molecule has 0 unspecified atom stereocenters. The smallest absolute Gasteiger partial charge is 0.237 e. The zero-order valence-corrected chi connectivity index (χ0v) is 19.8. The quantitative estimate of drug-likeness (QED) is 0.340. The van der Waals surface area contributed by atoms with Crippen molar-refractivity contribution in [3.05, 3.63) is 89.9 Å². The predicted octanol–water partition coefficient (Wildman–Crippen LogP) is 5.90. The number of nitrogens with one attached hydrogen (secondary N) is 1. The molecule has 2 aliphatic rings. The van der Waals surface area contributed by atoms with Gasteiger partial charge in [-0.3, -0.25) is 4.99 Å². The van der Waals surface area contributed by atoms with E-state index in [1.165, 1.54) is 5.56 Å². The van der Waals surface area contributed by atoms with Crippen molar-refractivity contribution in [3.63, 3.8) is 0 Å². The molecule has 3 aromatic rings. The van der Waals surface area contributed by atoms with Gasteiger partial charge in [-0.25, -0.2) is 9.97 Å². The fourth-order valence-corrected chi connectivity index (χ4v) is 4.09. The highest BCUT2D eigenvalue weighted by atomic mass is 16.5. The molecule has 6 heteroatoms. The highest BCUT2D eigenvalue weighted by molar-refractivity contribution is 5.84. The number of methoxy groups -OCH3 is 1. The molecule has 6 nitrogen and oxygen atoms in total. The van der Waals surface area contributed by atoms with Crippen LogP contribution in [0.1, 0.15) is 19.4 Å². The highest BCUT2D eigenvalue weighted by Crippen LogP contribution is 2.31. The lowest BCUT2D eigenvalue weighted by molar-refractivity contribution is 0.400. The van der Waals surface area contributed by atoms with E-state index in [1.54, 1.807) is 13.3 Å². The molecule has 0 spiro atoms. The number of pyridine rings is 1. The second-order valence-corrected chi connectivity index (χ2v) is 8.54. The Balaban J connectivity index is 1.81. The van der Waals surface area contributed by atoms with E-state index in [-0.39, 0.29) is 6.04 Å². The molecule has 0 fully saturated rings.